The first-order valence-electron chi connectivity index (χ1n) is 4.85. The molecule has 7 heteroatoms. The second-order valence-corrected chi connectivity index (χ2v) is 4.10. The Bertz CT molecular complexity index is 618. The van der Waals surface area contributed by atoms with Crippen LogP contribution >= 0.6 is 11.8 Å². The monoisotopic (exact) mass is 261 g/mol. The van der Waals surface area contributed by atoms with Crippen molar-refractivity contribution in [1.82, 2.24) is 10.2 Å². The molecule has 0 aliphatic rings. The summed E-state index contributed by atoms with van der Waals surface area (Å²) < 4.78 is 5.33. The lowest BCUT2D eigenvalue weighted by molar-refractivity contribution is -0.384. The standard InChI is InChI=1S/C11H7N3O3S/c1-2-6-18-11-13-12-10(17-11)8-4-3-5-9(7-8)14(15)16/h1,3-5,7H,6H2. The van der Waals surface area contributed by atoms with E-state index >= 15 is 0 Å². The van der Waals surface area contributed by atoms with Crippen molar-refractivity contribution < 1.29 is 9.34 Å². The van der Waals surface area contributed by atoms with Crippen molar-refractivity contribution in [1.29, 1.82) is 0 Å². The highest BCUT2D eigenvalue weighted by Crippen LogP contribution is 2.25. The van der Waals surface area contributed by atoms with E-state index in [0.717, 1.165) is 0 Å². The molecule has 1 heterocycles. The third-order valence-electron chi connectivity index (χ3n) is 1.99. The first kappa shape index (κ1) is 12.1. The molecule has 1 aromatic carbocycles. The normalized spacial score (nSPS) is 9.94. The van der Waals surface area contributed by atoms with Crippen molar-refractivity contribution in [3.63, 3.8) is 0 Å². The Kier molecular flexibility index (Phi) is 3.60. The number of aromatic nitrogens is 2. The van der Waals surface area contributed by atoms with E-state index in [1.54, 1.807) is 12.1 Å². The Labute approximate surface area is 107 Å². The van der Waals surface area contributed by atoms with Gasteiger partial charge in [-0.3, -0.25) is 10.1 Å². The highest BCUT2D eigenvalue weighted by atomic mass is 32.2. The number of hydrogen-bond acceptors (Lipinski definition) is 6. The van der Waals surface area contributed by atoms with Gasteiger partial charge in [0.25, 0.3) is 10.9 Å². The number of non-ortho nitro benzene ring substituents is 1. The molecule has 1 aromatic heterocycles. The zero-order valence-corrected chi connectivity index (χ0v) is 9.88. The third kappa shape index (κ3) is 2.67. The van der Waals surface area contributed by atoms with Crippen LogP contribution in [0.5, 0.6) is 0 Å². The van der Waals surface area contributed by atoms with Crippen LogP contribution in [-0.4, -0.2) is 20.9 Å². The maximum atomic E-state index is 10.6. The fourth-order valence-electron chi connectivity index (χ4n) is 1.24. The van der Waals surface area contributed by atoms with Crippen LogP contribution in [0.2, 0.25) is 0 Å². The molecule has 2 aromatic rings. The minimum Gasteiger partial charge on any atom is -0.411 e. The molecule has 2 rings (SSSR count). The van der Waals surface area contributed by atoms with Gasteiger partial charge in [-0.05, 0) is 6.07 Å². The molecule has 0 atom stereocenters. The molecule has 0 fully saturated rings. The van der Waals surface area contributed by atoms with Gasteiger partial charge in [-0.1, -0.05) is 23.7 Å². The lowest BCUT2D eigenvalue weighted by Gasteiger charge is -1.94. The number of nitro benzene ring substituents is 1. The van der Waals surface area contributed by atoms with Crippen LogP contribution < -0.4 is 0 Å². The number of thioether (sulfide) groups is 1. The highest BCUT2D eigenvalue weighted by molar-refractivity contribution is 7.99. The number of hydrogen-bond donors (Lipinski definition) is 0. The second-order valence-electron chi connectivity index (χ2n) is 3.17. The average Bonchev–Trinajstić information content (AvgIpc) is 2.85. The average molecular weight is 261 g/mol. The van der Waals surface area contributed by atoms with Gasteiger partial charge >= 0.3 is 0 Å². The number of nitrogens with zero attached hydrogens (tertiary/aromatic N) is 3. The largest absolute Gasteiger partial charge is 0.411 e. The fourth-order valence-corrected chi connectivity index (χ4v) is 1.68. The molecular weight excluding hydrogens is 254 g/mol. The molecule has 0 spiro atoms. The smallest absolute Gasteiger partial charge is 0.277 e. The van der Waals surface area contributed by atoms with Gasteiger partial charge in [-0.25, -0.2) is 0 Å². The summed E-state index contributed by atoms with van der Waals surface area (Å²) in [6.07, 6.45) is 5.11. The maximum Gasteiger partial charge on any atom is 0.277 e. The zero-order valence-electron chi connectivity index (χ0n) is 9.07. The summed E-state index contributed by atoms with van der Waals surface area (Å²) in [4.78, 5) is 10.2. The van der Waals surface area contributed by atoms with Crippen LogP contribution in [-0.2, 0) is 0 Å². The van der Waals surface area contributed by atoms with E-state index in [1.807, 2.05) is 0 Å². The molecule has 18 heavy (non-hydrogen) atoms. The minimum atomic E-state index is -0.478. The summed E-state index contributed by atoms with van der Waals surface area (Å²) >= 11 is 1.24. The molecule has 0 N–H and O–H groups in total. The number of terminal acetylenes is 1. The molecule has 0 saturated carbocycles. The Morgan fingerprint density at radius 3 is 3.06 bits per heavy atom. The van der Waals surface area contributed by atoms with Gasteiger partial charge in [0.2, 0.25) is 5.89 Å². The first-order chi connectivity index (χ1) is 8.70. The van der Waals surface area contributed by atoms with Gasteiger partial charge in [0.05, 0.1) is 10.7 Å². The molecule has 6 nitrogen and oxygen atoms in total. The molecule has 90 valence electrons. The lowest BCUT2D eigenvalue weighted by atomic mass is 10.2. The summed E-state index contributed by atoms with van der Waals surface area (Å²) in [5.41, 5.74) is 0.479. The van der Waals surface area contributed by atoms with E-state index in [2.05, 4.69) is 16.1 Å². The van der Waals surface area contributed by atoms with Crippen LogP contribution in [0.1, 0.15) is 0 Å². The molecule has 0 aliphatic heterocycles. The van der Waals surface area contributed by atoms with Gasteiger partial charge in [0.15, 0.2) is 0 Å². The molecule has 0 bridgehead atoms. The predicted octanol–water partition coefficient (Wildman–Crippen LogP) is 2.37. The number of nitro groups is 1. The van der Waals surface area contributed by atoms with E-state index in [-0.39, 0.29) is 11.6 Å². The molecule has 0 radical (unpaired) electrons. The van der Waals surface area contributed by atoms with Gasteiger partial charge < -0.3 is 4.42 Å². The molecule has 0 aliphatic carbocycles. The third-order valence-corrected chi connectivity index (χ3v) is 2.71. The van der Waals surface area contributed by atoms with Crippen molar-refractivity contribution in [2.75, 3.05) is 5.75 Å². The summed E-state index contributed by atoms with van der Waals surface area (Å²) in [5.74, 6) is 3.10. The second kappa shape index (κ2) is 5.33. The minimum absolute atomic E-state index is 0.0245. The van der Waals surface area contributed by atoms with Gasteiger partial charge in [-0.15, -0.1) is 16.6 Å². The van der Waals surface area contributed by atoms with E-state index in [1.165, 1.54) is 23.9 Å². The highest BCUT2D eigenvalue weighted by Gasteiger charge is 2.12. The van der Waals surface area contributed by atoms with E-state index in [9.17, 15) is 10.1 Å². The van der Waals surface area contributed by atoms with Gasteiger partial charge in [0, 0.05) is 17.7 Å². The van der Waals surface area contributed by atoms with E-state index in [4.69, 9.17) is 10.8 Å². The summed E-state index contributed by atoms with van der Waals surface area (Å²) in [6, 6.07) is 6.00. The Balaban J connectivity index is 2.26. The van der Waals surface area contributed by atoms with Crippen molar-refractivity contribution in [3.8, 4) is 23.8 Å². The van der Waals surface area contributed by atoms with Crippen LogP contribution in [0.25, 0.3) is 11.5 Å². The van der Waals surface area contributed by atoms with Crippen molar-refractivity contribution in [2.45, 2.75) is 5.22 Å². The maximum absolute atomic E-state index is 10.6. The number of rotatable bonds is 4. The van der Waals surface area contributed by atoms with Gasteiger partial charge in [-0.2, -0.15) is 0 Å². The predicted molar refractivity (Wildman–Crippen MR) is 65.9 cm³/mol. The molecule has 0 unspecified atom stereocenters. The van der Waals surface area contributed by atoms with Gasteiger partial charge in [0.1, 0.15) is 0 Å². The number of benzene rings is 1. The summed E-state index contributed by atoms with van der Waals surface area (Å²) in [5, 5.41) is 18.6. The topological polar surface area (TPSA) is 82.1 Å². The molecular formula is C11H7N3O3S. The zero-order chi connectivity index (χ0) is 13.0. The van der Waals surface area contributed by atoms with Crippen LogP contribution in [0.4, 0.5) is 5.69 Å². The SMILES string of the molecule is C#CCSc1nnc(-c2cccc([N+](=O)[O-])c2)o1. The Morgan fingerprint density at radius 2 is 2.33 bits per heavy atom. The van der Waals surface area contributed by atoms with Crippen molar-refractivity contribution >= 4 is 17.4 Å². The summed E-state index contributed by atoms with van der Waals surface area (Å²) in [7, 11) is 0. The van der Waals surface area contributed by atoms with E-state index in [0.29, 0.717) is 16.5 Å². The van der Waals surface area contributed by atoms with Crippen LogP contribution in [0, 0.1) is 22.5 Å². The summed E-state index contributed by atoms with van der Waals surface area (Å²) in [6.45, 7) is 0. The van der Waals surface area contributed by atoms with Crippen LogP contribution in [0.3, 0.4) is 0 Å². The lowest BCUT2D eigenvalue weighted by Crippen LogP contribution is -1.88. The van der Waals surface area contributed by atoms with Crippen LogP contribution in [0.15, 0.2) is 33.9 Å². The Hall–Kier alpha value is -2.33. The first-order valence-corrected chi connectivity index (χ1v) is 5.84. The van der Waals surface area contributed by atoms with Crippen molar-refractivity contribution in [3.05, 3.63) is 34.4 Å². The fraction of sp³-hybridized carbons (Fsp3) is 0.0909. The van der Waals surface area contributed by atoms with E-state index < -0.39 is 4.92 Å². The van der Waals surface area contributed by atoms with Crippen molar-refractivity contribution in [2.24, 2.45) is 0 Å². The molecule has 0 amide bonds. The molecule has 0 saturated heterocycles. The quantitative estimate of drug-likeness (QED) is 0.363. The Morgan fingerprint density at radius 1 is 1.50 bits per heavy atom.